The number of ether oxygens (including phenoxy) is 9. The first-order valence-electron chi connectivity index (χ1n) is 27.5. The van der Waals surface area contributed by atoms with Gasteiger partial charge in [0.1, 0.15) is 30.1 Å². The van der Waals surface area contributed by atoms with Crippen molar-refractivity contribution in [1.82, 2.24) is 4.90 Å². The van der Waals surface area contributed by atoms with E-state index in [0.29, 0.717) is 70.5 Å². The molecule has 0 aromatic rings. The van der Waals surface area contributed by atoms with Crippen molar-refractivity contribution in [2.45, 2.75) is 180 Å². The number of methoxy groups -OCH3 is 4. The summed E-state index contributed by atoms with van der Waals surface area (Å²) < 4.78 is 52.4. The van der Waals surface area contributed by atoms with Crippen molar-refractivity contribution in [2.75, 3.05) is 74.6 Å². The number of aliphatic hydroxyl groups is 2. The predicted molar refractivity (Wildman–Crippen MR) is 282 cm³/mol. The van der Waals surface area contributed by atoms with Crippen LogP contribution in [0.4, 0.5) is 0 Å². The van der Waals surface area contributed by atoms with E-state index in [1.54, 1.807) is 48.2 Å². The second-order valence-corrected chi connectivity index (χ2v) is 21.7. The molecule has 2 saturated heterocycles. The summed E-state index contributed by atoms with van der Waals surface area (Å²) in [6.45, 7) is 15.0. The number of esters is 1. The highest BCUT2D eigenvalue weighted by atomic mass is 16.6. The minimum Gasteiger partial charge on any atom is -0.460 e. The Morgan fingerprint density at radius 2 is 1.47 bits per heavy atom. The smallest absolute Gasteiger partial charge is 0.329 e. The normalized spacial score (nSPS) is 35.5. The summed E-state index contributed by atoms with van der Waals surface area (Å²) in [5.74, 6) is -8.00. The fourth-order valence-corrected chi connectivity index (χ4v) is 11.0. The second-order valence-electron chi connectivity index (χ2n) is 21.7. The average molecular weight is 1060 g/mol. The van der Waals surface area contributed by atoms with Crippen LogP contribution < -0.4 is 0 Å². The zero-order valence-electron chi connectivity index (χ0n) is 47.0. The van der Waals surface area contributed by atoms with Gasteiger partial charge in [-0.2, -0.15) is 0 Å². The molecule has 1 amide bonds. The lowest BCUT2D eigenvalue weighted by Crippen LogP contribution is -2.61. The Morgan fingerprint density at radius 1 is 0.773 bits per heavy atom. The van der Waals surface area contributed by atoms with Gasteiger partial charge in [0.2, 0.25) is 5.79 Å². The number of carbonyl (C=O) groups excluding carboxylic acids is 5. The van der Waals surface area contributed by atoms with E-state index in [2.05, 4.69) is 0 Å². The number of rotatable bonds is 16. The third-order valence-electron chi connectivity index (χ3n) is 15.8. The number of amides is 1. The molecule has 0 radical (unpaired) electrons. The largest absolute Gasteiger partial charge is 0.460 e. The molecule has 0 unspecified atom stereocenters. The Labute approximate surface area is 447 Å². The number of hydrogen-bond acceptors (Lipinski definition) is 16. The lowest BCUT2D eigenvalue weighted by molar-refractivity contribution is -0.266. The van der Waals surface area contributed by atoms with Crippen molar-refractivity contribution < 1.29 is 76.8 Å². The van der Waals surface area contributed by atoms with Crippen LogP contribution in [0.25, 0.3) is 0 Å². The van der Waals surface area contributed by atoms with Gasteiger partial charge in [0.15, 0.2) is 5.78 Å². The number of carbonyl (C=O) groups is 5. The molecular formula is C58H93NO16. The molecule has 2 N–H and O–H groups in total. The van der Waals surface area contributed by atoms with Crippen LogP contribution in [-0.4, -0.2) is 174 Å². The number of ketones is 3. The Balaban J connectivity index is 1.68. The molecule has 3 fully saturated rings. The van der Waals surface area contributed by atoms with E-state index in [0.717, 1.165) is 24.8 Å². The molecule has 0 aromatic carbocycles. The maximum Gasteiger partial charge on any atom is 0.329 e. The number of fused-ring (bicyclic) bond motifs is 3. The summed E-state index contributed by atoms with van der Waals surface area (Å²) in [5.41, 5.74) is 1.23. The summed E-state index contributed by atoms with van der Waals surface area (Å²) in [4.78, 5) is 72.8. The van der Waals surface area contributed by atoms with Crippen LogP contribution in [0.5, 0.6) is 0 Å². The third-order valence-corrected chi connectivity index (χ3v) is 15.8. The van der Waals surface area contributed by atoms with Crippen LogP contribution in [-0.2, 0) is 66.6 Å². The Bertz CT molecular complexity index is 1930. The molecule has 426 valence electrons. The summed E-state index contributed by atoms with van der Waals surface area (Å²) in [6.07, 6.45) is 12.2. The van der Waals surface area contributed by atoms with Gasteiger partial charge in [-0.05, 0) is 107 Å². The first-order chi connectivity index (χ1) is 35.8. The molecule has 0 aromatic heterocycles. The monoisotopic (exact) mass is 1060 g/mol. The van der Waals surface area contributed by atoms with E-state index < -0.39 is 77.8 Å². The minimum absolute atomic E-state index is 0.00808. The molecular weight excluding hydrogens is 967 g/mol. The van der Waals surface area contributed by atoms with Gasteiger partial charge in [-0.25, -0.2) is 4.79 Å². The molecule has 4 aliphatic rings. The highest BCUT2D eigenvalue weighted by Gasteiger charge is 2.53. The average Bonchev–Trinajstić information content (AvgIpc) is 3.39. The number of cyclic esters (lactones) is 1. The number of allylic oxidation sites excluding steroid dienone is 6. The Kier molecular flexibility index (Phi) is 27.7. The molecule has 3 heterocycles. The molecule has 4 rings (SSSR count). The van der Waals surface area contributed by atoms with Gasteiger partial charge < -0.3 is 57.7 Å². The van der Waals surface area contributed by atoms with Gasteiger partial charge in [-0.3, -0.25) is 19.2 Å². The summed E-state index contributed by atoms with van der Waals surface area (Å²) in [7, 11) is 6.33. The summed E-state index contributed by atoms with van der Waals surface area (Å²) in [5, 5.41) is 23.7. The molecule has 75 heavy (non-hydrogen) atoms. The predicted octanol–water partition coefficient (Wildman–Crippen LogP) is 6.88. The molecule has 17 heteroatoms. The number of piperidine rings is 1. The van der Waals surface area contributed by atoms with Gasteiger partial charge in [0.25, 0.3) is 11.7 Å². The zero-order chi connectivity index (χ0) is 55.2. The molecule has 2 bridgehead atoms. The van der Waals surface area contributed by atoms with E-state index >= 15 is 0 Å². The number of Topliss-reactive ketones (excluding diaryl/α,β-unsaturated/α-hetero) is 3. The maximum atomic E-state index is 14.6. The number of nitrogens with zero attached hydrogens (tertiary/aromatic N) is 1. The van der Waals surface area contributed by atoms with E-state index in [1.165, 1.54) is 12.0 Å². The summed E-state index contributed by atoms with van der Waals surface area (Å²) >= 11 is 0. The van der Waals surface area contributed by atoms with Crippen LogP contribution in [0.2, 0.25) is 0 Å². The van der Waals surface area contributed by atoms with Crippen molar-refractivity contribution in [1.29, 1.82) is 0 Å². The molecule has 15 atom stereocenters. The quantitative estimate of drug-likeness (QED) is 0.0698. The van der Waals surface area contributed by atoms with E-state index in [9.17, 15) is 34.2 Å². The molecule has 3 aliphatic heterocycles. The van der Waals surface area contributed by atoms with Crippen LogP contribution >= 0.6 is 0 Å². The van der Waals surface area contributed by atoms with Crippen LogP contribution in [0.15, 0.2) is 47.6 Å². The van der Waals surface area contributed by atoms with Crippen LogP contribution in [0, 0.1) is 35.5 Å². The molecule has 17 nitrogen and oxygen atoms in total. The first-order valence-corrected chi connectivity index (χ1v) is 27.5. The third kappa shape index (κ3) is 19.1. The fourth-order valence-electron chi connectivity index (χ4n) is 11.0. The van der Waals surface area contributed by atoms with E-state index in [4.69, 9.17) is 42.6 Å². The van der Waals surface area contributed by atoms with Crippen molar-refractivity contribution in [3.05, 3.63) is 47.6 Å². The maximum absolute atomic E-state index is 14.6. The second kappa shape index (κ2) is 32.4. The van der Waals surface area contributed by atoms with Crippen molar-refractivity contribution in [3.63, 3.8) is 0 Å². The zero-order valence-corrected chi connectivity index (χ0v) is 47.0. The SMILES string of the molecule is COCCOCCOCCO[C@H]1C[C@@H]2CC[C@@H](C)[C@@](O)(O2)C(=O)C(=O)N2CCCC[C@H]2C(=O)O[C@H]([C@H](C)C[C@@H]2CC[C@@H](OC)[C@H](OC)C2)CC(=O)[C@H](C)/C=C(\C)[C@@H](O)[C@@H](OC)C(=O)[C@H](C)C[C@H](C)/C=C/C=CC=C1C. The van der Waals surface area contributed by atoms with Gasteiger partial charge in [0, 0.05) is 65.6 Å². The van der Waals surface area contributed by atoms with Crippen LogP contribution in [0.3, 0.4) is 0 Å². The topological polar surface area (TPSA) is 212 Å². The molecule has 1 saturated carbocycles. The van der Waals surface area contributed by atoms with Crippen molar-refractivity contribution in [3.8, 4) is 0 Å². The number of hydrogen-bond donors (Lipinski definition) is 2. The highest BCUT2D eigenvalue weighted by molar-refractivity contribution is 6.39. The lowest BCUT2D eigenvalue weighted by Gasteiger charge is -2.43. The Morgan fingerprint density at radius 3 is 2.15 bits per heavy atom. The Hall–Kier alpha value is -3.49. The van der Waals surface area contributed by atoms with Crippen molar-refractivity contribution >= 4 is 29.2 Å². The summed E-state index contributed by atoms with van der Waals surface area (Å²) in [6, 6.07) is -1.15. The molecule has 0 spiro atoms. The fraction of sp³-hybridized carbons (Fsp3) is 0.776. The van der Waals surface area contributed by atoms with Gasteiger partial charge >= 0.3 is 5.97 Å². The van der Waals surface area contributed by atoms with Gasteiger partial charge in [-0.15, -0.1) is 0 Å². The lowest BCUT2D eigenvalue weighted by atomic mass is 9.78. The minimum atomic E-state index is -2.48. The van der Waals surface area contributed by atoms with Crippen molar-refractivity contribution in [2.24, 2.45) is 35.5 Å². The van der Waals surface area contributed by atoms with Gasteiger partial charge in [0.05, 0.1) is 64.1 Å². The van der Waals surface area contributed by atoms with E-state index in [1.807, 2.05) is 58.1 Å². The van der Waals surface area contributed by atoms with Gasteiger partial charge in [-0.1, -0.05) is 71.1 Å². The highest BCUT2D eigenvalue weighted by Crippen LogP contribution is 2.38. The standard InChI is InChI=1S/C58H93NO16/c1-37-17-13-12-14-18-38(2)49(73-30-29-72-28-27-71-26-25-67-8)35-45-22-20-43(7)58(66,75-45)55(63)56(64)59-24-16-15-19-46(59)57(65)74-50(40(4)33-44-21-23-48(68-9)51(34-44)69-10)36-47(60)39(3)32-42(6)53(62)54(70-11)52(61)41(5)31-37/h12-14,17-18,32,37,39-41,43-46,48-51,53-54,62,66H,15-16,19-31,33-36H2,1-11H3/b14-12?,17-13+,38-18?,42-32+/t37-,39-,40-,41-,43-,44+,45+,46+,48-,49+,50+,51-,53-,54+,58-/m1/s1. The molecule has 1 aliphatic carbocycles. The first kappa shape index (κ1) is 64.0. The van der Waals surface area contributed by atoms with E-state index in [-0.39, 0.29) is 80.5 Å². The van der Waals surface area contributed by atoms with Crippen LogP contribution in [0.1, 0.15) is 126 Å². The number of aliphatic hydroxyl groups excluding tert-OH is 1.